The third-order valence-electron chi connectivity index (χ3n) is 3.61. The molecule has 0 N–H and O–H groups in total. The first-order valence-corrected chi connectivity index (χ1v) is 7.39. The van der Waals surface area contributed by atoms with E-state index >= 15 is 0 Å². The Kier molecular flexibility index (Phi) is 4.66. The van der Waals surface area contributed by atoms with Crippen molar-refractivity contribution in [1.29, 1.82) is 0 Å². The Morgan fingerprint density at radius 3 is 2.38 bits per heavy atom. The summed E-state index contributed by atoms with van der Waals surface area (Å²) in [7, 11) is 0. The summed E-state index contributed by atoms with van der Waals surface area (Å²) in [4.78, 5) is 11.1. The van der Waals surface area contributed by atoms with E-state index in [4.69, 9.17) is 4.74 Å². The predicted octanol–water partition coefficient (Wildman–Crippen LogP) is 5.02. The van der Waals surface area contributed by atoms with Gasteiger partial charge in [-0.25, -0.2) is 8.78 Å². The molecule has 0 radical (unpaired) electrons. The summed E-state index contributed by atoms with van der Waals surface area (Å²) in [6.07, 6.45) is 0.509. The van der Waals surface area contributed by atoms with Crippen molar-refractivity contribution in [2.75, 3.05) is 0 Å². The fourth-order valence-corrected chi connectivity index (χ4v) is 2.40. The van der Waals surface area contributed by atoms with Crippen LogP contribution in [0.25, 0.3) is 11.1 Å². The standard InChI is InChI=1S/C20H14F2O2/c21-19-10-16(12-23)18(11-20(19)22)15-7-4-8-17(9-15)24-13-14-5-2-1-3-6-14/h1-12H,13H2. The highest BCUT2D eigenvalue weighted by molar-refractivity contribution is 5.87. The van der Waals surface area contributed by atoms with Crippen molar-refractivity contribution >= 4 is 6.29 Å². The Labute approximate surface area is 138 Å². The predicted molar refractivity (Wildman–Crippen MR) is 88.0 cm³/mol. The second-order valence-electron chi connectivity index (χ2n) is 5.27. The van der Waals surface area contributed by atoms with E-state index in [-0.39, 0.29) is 5.56 Å². The summed E-state index contributed by atoms with van der Waals surface area (Å²) in [6, 6.07) is 18.5. The molecule has 0 saturated carbocycles. The van der Waals surface area contributed by atoms with Gasteiger partial charge in [0.15, 0.2) is 17.9 Å². The van der Waals surface area contributed by atoms with Crippen LogP contribution in [0.1, 0.15) is 15.9 Å². The first-order chi connectivity index (χ1) is 11.7. The van der Waals surface area contributed by atoms with Crippen LogP contribution < -0.4 is 4.74 Å². The zero-order valence-corrected chi connectivity index (χ0v) is 12.7. The summed E-state index contributed by atoms with van der Waals surface area (Å²) < 4.78 is 32.5. The second kappa shape index (κ2) is 7.04. The van der Waals surface area contributed by atoms with E-state index in [1.807, 2.05) is 30.3 Å². The zero-order valence-electron chi connectivity index (χ0n) is 12.7. The molecule has 0 unspecified atom stereocenters. The highest BCUT2D eigenvalue weighted by atomic mass is 19.2. The second-order valence-corrected chi connectivity index (χ2v) is 5.27. The molecule has 0 spiro atoms. The van der Waals surface area contributed by atoms with Crippen LogP contribution in [0.15, 0.2) is 66.7 Å². The fraction of sp³-hybridized carbons (Fsp3) is 0.0500. The van der Waals surface area contributed by atoms with Crippen LogP contribution >= 0.6 is 0 Å². The summed E-state index contributed by atoms with van der Waals surface area (Å²) >= 11 is 0. The quantitative estimate of drug-likeness (QED) is 0.616. The maximum absolute atomic E-state index is 13.5. The SMILES string of the molecule is O=Cc1cc(F)c(F)cc1-c1cccc(OCc2ccccc2)c1. The molecular formula is C20H14F2O2. The molecule has 24 heavy (non-hydrogen) atoms. The molecule has 0 bridgehead atoms. The zero-order chi connectivity index (χ0) is 16.9. The van der Waals surface area contributed by atoms with E-state index < -0.39 is 11.6 Å². The van der Waals surface area contributed by atoms with Crippen molar-refractivity contribution in [3.8, 4) is 16.9 Å². The Hall–Kier alpha value is -3.01. The summed E-state index contributed by atoms with van der Waals surface area (Å²) in [5.74, 6) is -1.46. The first-order valence-electron chi connectivity index (χ1n) is 7.39. The van der Waals surface area contributed by atoms with E-state index in [0.717, 1.165) is 17.7 Å². The smallest absolute Gasteiger partial charge is 0.159 e. The van der Waals surface area contributed by atoms with Crippen molar-refractivity contribution in [2.24, 2.45) is 0 Å². The molecule has 3 aromatic carbocycles. The minimum Gasteiger partial charge on any atom is -0.489 e. The lowest BCUT2D eigenvalue weighted by Crippen LogP contribution is -1.96. The number of benzene rings is 3. The lowest BCUT2D eigenvalue weighted by molar-refractivity contribution is 0.112. The normalized spacial score (nSPS) is 10.4. The molecule has 4 heteroatoms. The number of halogens is 2. The molecule has 0 amide bonds. The van der Waals surface area contributed by atoms with Crippen LogP contribution in [0.5, 0.6) is 5.75 Å². The Bertz CT molecular complexity index is 861. The topological polar surface area (TPSA) is 26.3 Å². The van der Waals surface area contributed by atoms with Gasteiger partial charge in [-0.1, -0.05) is 42.5 Å². The molecule has 120 valence electrons. The molecule has 0 heterocycles. The Morgan fingerprint density at radius 2 is 1.62 bits per heavy atom. The Morgan fingerprint density at radius 1 is 0.875 bits per heavy atom. The largest absolute Gasteiger partial charge is 0.489 e. The van der Waals surface area contributed by atoms with E-state index in [2.05, 4.69) is 0 Å². The van der Waals surface area contributed by atoms with E-state index in [9.17, 15) is 13.6 Å². The van der Waals surface area contributed by atoms with Crippen molar-refractivity contribution in [3.05, 3.63) is 89.5 Å². The average molecular weight is 324 g/mol. The molecule has 0 aliphatic carbocycles. The molecule has 0 saturated heterocycles. The van der Waals surface area contributed by atoms with Gasteiger partial charge in [-0.15, -0.1) is 0 Å². The maximum atomic E-state index is 13.5. The average Bonchev–Trinajstić information content (AvgIpc) is 2.63. The van der Waals surface area contributed by atoms with E-state index in [1.165, 1.54) is 0 Å². The van der Waals surface area contributed by atoms with Crippen LogP contribution in [-0.4, -0.2) is 6.29 Å². The molecular weight excluding hydrogens is 310 g/mol. The van der Waals surface area contributed by atoms with Crippen molar-refractivity contribution < 1.29 is 18.3 Å². The van der Waals surface area contributed by atoms with Gasteiger partial charge in [-0.3, -0.25) is 4.79 Å². The summed E-state index contributed by atoms with van der Waals surface area (Å²) in [5, 5.41) is 0. The van der Waals surface area contributed by atoms with Gasteiger partial charge in [0.2, 0.25) is 0 Å². The number of carbonyl (C=O) groups is 1. The highest BCUT2D eigenvalue weighted by Crippen LogP contribution is 2.28. The number of hydrogen-bond donors (Lipinski definition) is 0. The van der Waals surface area contributed by atoms with Crippen LogP contribution in [0, 0.1) is 11.6 Å². The lowest BCUT2D eigenvalue weighted by Gasteiger charge is -2.10. The van der Waals surface area contributed by atoms with E-state index in [1.54, 1.807) is 24.3 Å². The van der Waals surface area contributed by atoms with Crippen LogP contribution in [0.3, 0.4) is 0 Å². The molecule has 0 aliphatic rings. The maximum Gasteiger partial charge on any atom is 0.159 e. The van der Waals surface area contributed by atoms with Crippen LogP contribution in [-0.2, 0) is 6.61 Å². The molecule has 0 aromatic heterocycles. The van der Waals surface area contributed by atoms with Crippen molar-refractivity contribution in [2.45, 2.75) is 6.61 Å². The minimum absolute atomic E-state index is 0.0918. The summed E-state index contributed by atoms with van der Waals surface area (Å²) in [5.41, 5.74) is 2.02. The van der Waals surface area contributed by atoms with Gasteiger partial charge >= 0.3 is 0 Å². The monoisotopic (exact) mass is 324 g/mol. The molecule has 2 nitrogen and oxygen atoms in total. The van der Waals surface area contributed by atoms with Gasteiger partial charge < -0.3 is 4.74 Å². The molecule has 0 aliphatic heterocycles. The van der Waals surface area contributed by atoms with Gasteiger partial charge in [0, 0.05) is 5.56 Å². The van der Waals surface area contributed by atoms with Gasteiger partial charge in [0.25, 0.3) is 0 Å². The van der Waals surface area contributed by atoms with Crippen LogP contribution in [0.2, 0.25) is 0 Å². The third-order valence-corrected chi connectivity index (χ3v) is 3.61. The van der Waals surface area contributed by atoms with E-state index in [0.29, 0.717) is 29.8 Å². The molecule has 0 fully saturated rings. The fourth-order valence-electron chi connectivity index (χ4n) is 2.40. The van der Waals surface area contributed by atoms with Crippen molar-refractivity contribution in [1.82, 2.24) is 0 Å². The minimum atomic E-state index is -1.04. The highest BCUT2D eigenvalue weighted by Gasteiger charge is 2.11. The number of carbonyl (C=O) groups excluding carboxylic acids is 1. The number of aldehydes is 1. The number of rotatable bonds is 5. The van der Waals surface area contributed by atoms with Crippen molar-refractivity contribution in [3.63, 3.8) is 0 Å². The van der Waals surface area contributed by atoms with Gasteiger partial charge in [0.05, 0.1) is 0 Å². The number of ether oxygens (including phenoxy) is 1. The van der Waals surface area contributed by atoms with Gasteiger partial charge in [0.1, 0.15) is 12.4 Å². The van der Waals surface area contributed by atoms with Crippen LogP contribution in [0.4, 0.5) is 8.78 Å². The lowest BCUT2D eigenvalue weighted by atomic mass is 10.00. The van der Waals surface area contributed by atoms with Gasteiger partial charge in [-0.05, 0) is 41.0 Å². The Balaban J connectivity index is 1.88. The summed E-state index contributed by atoms with van der Waals surface area (Å²) in [6.45, 7) is 0.391. The molecule has 3 aromatic rings. The van der Waals surface area contributed by atoms with Gasteiger partial charge in [-0.2, -0.15) is 0 Å². The number of hydrogen-bond acceptors (Lipinski definition) is 2. The first kappa shape index (κ1) is 15.9. The third kappa shape index (κ3) is 3.49. The molecule has 3 rings (SSSR count). The molecule has 0 atom stereocenters.